The van der Waals surface area contributed by atoms with Crippen molar-refractivity contribution in [1.82, 2.24) is 0 Å². The molecular formula is C34H53ClO3. The summed E-state index contributed by atoms with van der Waals surface area (Å²) in [5, 5.41) is -0.0233. The Morgan fingerprint density at radius 1 is 0.763 bits per heavy atom. The molecule has 3 nitrogen and oxygen atoms in total. The molecule has 0 radical (unpaired) electrons. The van der Waals surface area contributed by atoms with Crippen LogP contribution in [0.15, 0.2) is 0 Å². The molecule has 0 heterocycles. The van der Waals surface area contributed by atoms with Crippen LogP contribution < -0.4 is 0 Å². The summed E-state index contributed by atoms with van der Waals surface area (Å²) < 4.78 is 5.92. The summed E-state index contributed by atoms with van der Waals surface area (Å²) in [6, 6.07) is 0. The molecule has 0 saturated heterocycles. The first kappa shape index (κ1) is 27.6. The van der Waals surface area contributed by atoms with Crippen molar-refractivity contribution in [2.75, 3.05) is 0 Å². The molecule has 1 spiro atoms. The van der Waals surface area contributed by atoms with Gasteiger partial charge in [-0.2, -0.15) is 0 Å². The van der Waals surface area contributed by atoms with Gasteiger partial charge < -0.3 is 4.74 Å². The van der Waals surface area contributed by atoms with Gasteiger partial charge in [-0.15, -0.1) is 0 Å². The van der Waals surface area contributed by atoms with E-state index in [1.54, 1.807) is 6.92 Å². The summed E-state index contributed by atoms with van der Waals surface area (Å²) in [6.45, 7) is 21.6. The standard InChI is InChI=1S/C34H53ClO3/c1-20-29(5,6)34(20)19-18-33(27(35)37)17-16-31(8)22(26(33)34)10-11-24-30(7)14-13-25(38-21(2)36)28(3,4)23(30)12-15-32(24,31)9/h20,22-26H,10-19H2,1-9H3/t20-,22+,23?,24?,25-,26?,30-,31+,32+,33?,34-/m0/s1. The van der Waals surface area contributed by atoms with Crippen LogP contribution in [0.1, 0.15) is 127 Å². The van der Waals surface area contributed by atoms with Gasteiger partial charge in [0.2, 0.25) is 5.24 Å². The van der Waals surface area contributed by atoms with Gasteiger partial charge in [0.25, 0.3) is 0 Å². The first-order chi connectivity index (χ1) is 17.5. The lowest BCUT2D eigenvalue weighted by molar-refractivity contribution is -0.250. The molecule has 6 rings (SSSR count). The average Bonchev–Trinajstić information content (AvgIpc) is 3.09. The van der Waals surface area contributed by atoms with E-state index in [-0.39, 0.29) is 49.8 Å². The van der Waals surface area contributed by atoms with E-state index in [1.807, 2.05) is 0 Å². The van der Waals surface area contributed by atoms with Crippen molar-refractivity contribution in [2.24, 2.45) is 67.5 Å². The minimum atomic E-state index is -0.303. The molecule has 4 heteroatoms. The number of esters is 1. The minimum Gasteiger partial charge on any atom is -0.462 e. The van der Waals surface area contributed by atoms with E-state index in [2.05, 4.69) is 55.4 Å². The number of carbonyl (C=O) groups excluding carboxylic acids is 2. The van der Waals surface area contributed by atoms with Gasteiger partial charge in [0, 0.05) is 17.8 Å². The zero-order chi connectivity index (χ0) is 27.9. The molecule has 6 aliphatic rings. The first-order valence-corrected chi connectivity index (χ1v) is 16.2. The quantitative estimate of drug-likeness (QED) is 0.257. The van der Waals surface area contributed by atoms with Crippen molar-refractivity contribution < 1.29 is 14.3 Å². The molecule has 214 valence electrons. The maximum atomic E-state index is 13.3. The van der Waals surface area contributed by atoms with Crippen LogP contribution in [0.3, 0.4) is 0 Å². The lowest BCUT2D eigenvalue weighted by Crippen LogP contribution is -2.67. The fourth-order valence-corrected chi connectivity index (χ4v) is 14.1. The normalized spacial score (nSPS) is 55.7. The number of ether oxygens (including phenoxy) is 1. The van der Waals surface area contributed by atoms with Crippen molar-refractivity contribution in [3.05, 3.63) is 0 Å². The Bertz CT molecular complexity index is 1060. The smallest absolute Gasteiger partial charge is 0.302 e. The second-order valence-corrected chi connectivity index (χ2v) is 17.4. The van der Waals surface area contributed by atoms with Crippen LogP contribution in [0.2, 0.25) is 0 Å². The average molecular weight is 545 g/mol. The van der Waals surface area contributed by atoms with E-state index >= 15 is 0 Å². The van der Waals surface area contributed by atoms with Gasteiger partial charge in [0.1, 0.15) is 6.10 Å². The van der Waals surface area contributed by atoms with E-state index in [1.165, 1.54) is 32.1 Å². The summed E-state index contributed by atoms with van der Waals surface area (Å²) in [7, 11) is 0. The Balaban J connectivity index is 1.39. The number of carbonyl (C=O) groups is 2. The highest BCUT2D eigenvalue weighted by atomic mass is 35.5. The molecular weight excluding hydrogens is 492 g/mol. The lowest BCUT2D eigenvalue weighted by Gasteiger charge is -2.73. The first-order valence-electron chi connectivity index (χ1n) is 15.8. The summed E-state index contributed by atoms with van der Waals surface area (Å²) in [5.74, 6) is 2.78. The largest absolute Gasteiger partial charge is 0.462 e. The van der Waals surface area contributed by atoms with E-state index in [0.29, 0.717) is 35.0 Å². The number of rotatable bonds is 2. The predicted octanol–water partition coefficient (Wildman–Crippen LogP) is 8.81. The van der Waals surface area contributed by atoms with E-state index in [9.17, 15) is 9.59 Å². The van der Waals surface area contributed by atoms with Crippen LogP contribution in [-0.2, 0) is 14.3 Å². The Labute approximate surface area is 236 Å². The van der Waals surface area contributed by atoms with Crippen LogP contribution >= 0.6 is 11.6 Å². The molecule has 11 atom stereocenters. The van der Waals surface area contributed by atoms with Gasteiger partial charge in [-0.05, 0) is 132 Å². The van der Waals surface area contributed by atoms with Gasteiger partial charge in [-0.1, -0.05) is 55.4 Å². The fourth-order valence-electron chi connectivity index (χ4n) is 13.8. The summed E-state index contributed by atoms with van der Waals surface area (Å²) in [5.41, 5.74) is 1.02. The van der Waals surface area contributed by atoms with Crippen LogP contribution in [-0.4, -0.2) is 17.3 Å². The second-order valence-electron chi connectivity index (χ2n) is 17.0. The van der Waals surface area contributed by atoms with Crippen LogP contribution in [0.5, 0.6) is 0 Å². The summed E-state index contributed by atoms with van der Waals surface area (Å²) in [6.07, 6.45) is 11.5. The van der Waals surface area contributed by atoms with Gasteiger partial charge in [-0.3, -0.25) is 9.59 Å². The maximum Gasteiger partial charge on any atom is 0.302 e. The SMILES string of the molecule is CC(=O)O[C@H]1CC[C@@]2(C)C(CC[C@]3(C)C2CC[C@@H]2C4C(C(=O)Cl)(CC[C@]45[C@@H](C)C5(C)C)CC[C@]23C)C1(C)C. The third-order valence-electron chi connectivity index (χ3n) is 16.2. The van der Waals surface area contributed by atoms with E-state index in [4.69, 9.17) is 16.3 Å². The molecule has 0 aliphatic heterocycles. The molecule has 0 aromatic rings. The molecule has 38 heavy (non-hydrogen) atoms. The summed E-state index contributed by atoms with van der Waals surface area (Å²) >= 11 is 6.61. The third kappa shape index (κ3) is 2.90. The van der Waals surface area contributed by atoms with E-state index < -0.39 is 0 Å². The Kier molecular flexibility index (Phi) is 5.68. The van der Waals surface area contributed by atoms with Gasteiger partial charge in [-0.25, -0.2) is 0 Å². The molecule has 0 N–H and O–H groups in total. The molecule has 4 unspecified atom stereocenters. The zero-order valence-electron chi connectivity index (χ0n) is 25.6. The van der Waals surface area contributed by atoms with Crippen molar-refractivity contribution in [3.8, 4) is 0 Å². The van der Waals surface area contributed by atoms with Gasteiger partial charge in [0.05, 0.1) is 0 Å². The number of fused-ring (bicyclic) bond motifs is 8. The monoisotopic (exact) mass is 544 g/mol. The van der Waals surface area contributed by atoms with Gasteiger partial charge in [0.15, 0.2) is 0 Å². The third-order valence-corrected chi connectivity index (χ3v) is 16.6. The Morgan fingerprint density at radius 2 is 1.39 bits per heavy atom. The van der Waals surface area contributed by atoms with Crippen LogP contribution in [0.25, 0.3) is 0 Å². The highest BCUT2D eigenvalue weighted by Gasteiger charge is 2.82. The lowest BCUT2D eigenvalue weighted by atomic mass is 9.32. The van der Waals surface area contributed by atoms with Crippen LogP contribution in [0, 0.1) is 67.5 Å². The topological polar surface area (TPSA) is 43.4 Å². The van der Waals surface area contributed by atoms with Crippen LogP contribution in [0.4, 0.5) is 0 Å². The summed E-state index contributed by atoms with van der Waals surface area (Å²) in [4.78, 5) is 25.3. The maximum absolute atomic E-state index is 13.3. The second kappa shape index (κ2) is 7.83. The Hall–Kier alpha value is -0.570. The molecule has 6 fully saturated rings. The van der Waals surface area contributed by atoms with Crippen molar-refractivity contribution in [1.29, 1.82) is 0 Å². The minimum absolute atomic E-state index is 0.00645. The van der Waals surface area contributed by atoms with Gasteiger partial charge >= 0.3 is 5.97 Å². The molecule has 0 aromatic carbocycles. The molecule has 0 amide bonds. The highest BCUT2D eigenvalue weighted by molar-refractivity contribution is 6.64. The number of hydrogen-bond acceptors (Lipinski definition) is 3. The highest BCUT2D eigenvalue weighted by Crippen LogP contribution is 2.87. The predicted molar refractivity (Wildman–Crippen MR) is 152 cm³/mol. The fraction of sp³-hybridized carbons (Fsp3) is 0.941. The van der Waals surface area contributed by atoms with Crippen molar-refractivity contribution >= 4 is 22.8 Å². The molecule has 0 aromatic heterocycles. The van der Waals surface area contributed by atoms with Crippen molar-refractivity contribution in [2.45, 2.75) is 133 Å². The zero-order valence-corrected chi connectivity index (χ0v) is 26.4. The Morgan fingerprint density at radius 3 is 1.97 bits per heavy atom. The van der Waals surface area contributed by atoms with Crippen molar-refractivity contribution in [3.63, 3.8) is 0 Å². The molecule has 6 aliphatic carbocycles. The molecule has 6 saturated carbocycles. The van der Waals surface area contributed by atoms with E-state index in [0.717, 1.165) is 32.1 Å². The number of hydrogen-bond donors (Lipinski definition) is 0. The molecule has 0 bridgehead atoms. The number of halogens is 1.